The van der Waals surface area contributed by atoms with Gasteiger partial charge in [0, 0.05) is 121 Å². The molecule has 378 valence electrons. The molecule has 0 aliphatic carbocycles. The second-order valence-electron chi connectivity index (χ2n) is 18.5. The summed E-state index contributed by atoms with van der Waals surface area (Å²) >= 11 is 6.22. The van der Waals surface area contributed by atoms with Crippen LogP contribution in [0.25, 0.3) is 18.2 Å². The third kappa shape index (κ3) is 18.2. The molecule has 3 fully saturated rings. The lowest BCUT2D eigenvalue weighted by Gasteiger charge is -2.34. The predicted molar refractivity (Wildman–Crippen MR) is 298 cm³/mol. The van der Waals surface area contributed by atoms with Gasteiger partial charge in [-0.05, 0) is 76.7 Å². The highest BCUT2D eigenvalue weighted by atomic mass is 35.5. The largest absolute Gasteiger partial charge is 0.497 e. The smallest absolute Gasteiger partial charge is 0.246 e. The van der Waals surface area contributed by atoms with Crippen LogP contribution in [0, 0.1) is 6.92 Å². The summed E-state index contributed by atoms with van der Waals surface area (Å²) in [5.41, 5.74) is 8.18. The molecule has 0 N–H and O–H groups in total. The van der Waals surface area contributed by atoms with E-state index in [1.54, 1.807) is 25.3 Å². The molecule has 73 heavy (non-hydrogen) atoms. The monoisotopic (exact) mass is 997 g/mol. The number of benzene rings is 6. The minimum Gasteiger partial charge on any atom is -0.497 e. The molecule has 0 bridgehead atoms. The van der Waals surface area contributed by atoms with E-state index in [1.165, 1.54) is 16.7 Å². The molecule has 0 radical (unpaired) electrons. The highest BCUT2D eigenvalue weighted by molar-refractivity contribution is 6.31. The normalized spacial score (nSPS) is 15.7. The van der Waals surface area contributed by atoms with Gasteiger partial charge >= 0.3 is 0 Å². The summed E-state index contributed by atoms with van der Waals surface area (Å²) in [4.78, 5) is 49.8. The van der Waals surface area contributed by atoms with Crippen LogP contribution in [0.4, 0.5) is 0 Å². The highest BCUT2D eigenvalue weighted by Gasteiger charge is 2.22. The van der Waals surface area contributed by atoms with Gasteiger partial charge in [-0.25, -0.2) is 0 Å². The maximum Gasteiger partial charge on any atom is 0.246 e. The van der Waals surface area contributed by atoms with Crippen LogP contribution in [0.5, 0.6) is 5.75 Å². The van der Waals surface area contributed by atoms with Crippen LogP contribution in [0.1, 0.15) is 38.9 Å². The molecule has 6 aromatic rings. The van der Waals surface area contributed by atoms with Crippen molar-refractivity contribution in [3.8, 4) is 5.75 Å². The molecular weight excluding hydrogens is 928 g/mol. The van der Waals surface area contributed by atoms with E-state index >= 15 is 0 Å². The number of halogens is 1. The van der Waals surface area contributed by atoms with Crippen molar-refractivity contribution >= 4 is 47.6 Å². The van der Waals surface area contributed by atoms with Gasteiger partial charge in [0.2, 0.25) is 17.7 Å². The van der Waals surface area contributed by atoms with Gasteiger partial charge in [-0.1, -0.05) is 163 Å². The highest BCUT2D eigenvalue weighted by Crippen LogP contribution is 2.19. The Morgan fingerprint density at radius 2 is 0.808 bits per heavy atom. The van der Waals surface area contributed by atoms with Gasteiger partial charge in [0.1, 0.15) is 5.75 Å². The minimum absolute atomic E-state index is 0.0799. The summed E-state index contributed by atoms with van der Waals surface area (Å²) in [6.45, 7) is 14.8. The van der Waals surface area contributed by atoms with Crippen molar-refractivity contribution in [1.82, 2.24) is 29.4 Å². The molecule has 9 rings (SSSR count). The summed E-state index contributed by atoms with van der Waals surface area (Å²) in [5, 5.41) is 0.807. The first kappa shape index (κ1) is 53.7. The molecule has 0 unspecified atom stereocenters. The van der Waals surface area contributed by atoms with Gasteiger partial charge in [0.15, 0.2) is 0 Å². The van der Waals surface area contributed by atoms with Gasteiger partial charge in [-0.15, -0.1) is 0 Å². The summed E-state index contributed by atoms with van der Waals surface area (Å²) in [5.74, 6) is 1.16. The lowest BCUT2D eigenvalue weighted by atomic mass is 10.1. The molecule has 6 aromatic carbocycles. The van der Waals surface area contributed by atoms with Gasteiger partial charge in [0.25, 0.3) is 0 Å². The minimum atomic E-state index is 0.0799. The van der Waals surface area contributed by atoms with E-state index in [4.69, 9.17) is 16.3 Å². The van der Waals surface area contributed by atoms with Crippen LogP contribution >= 0.6 is 11.6 Å². The van der Waals surface area contributed by atoms with Crippen LogP contribution in [0.3, 0.4) is 0 Å². The number of carbonyl (C=O) groups is 3. The SMILES string of the molecule is COc1cccc(CN2CCN(C(=O)/C=C/c3ccccc3)CC2)c1.Cc1cccc(CN2CCN(C(=O)/C=C/c3ccccc3)CC2)c1.O=C(/C=C/c1ccccc1)N1CCN(Cc2ccccc2Cl)CC1. The summed E-state index contributed by atoms with van der Waals surface area (Å²) in [7, 11) is 1.69. The number of amides is 3. The number of hydrogen-bond acceptors (Lipinski definition) is 7. The van der Waals surface area contributed by atoms with Crippen LogP contribution < -0.4 is 4.74 Å². The molecule has 3 aliphatic heterocycles. The van der Waals surface area contributed by atoms with Gasteiger partial charge in [0.05, 0.1) is 7.11 Å². The molecular formula is C62H69ClN6O4. The fourth-order valence-corrected chi connectivity index (χ4v) is 9.05. The lowest BCUT2D eigenvalue weighted by molar-refractivity contribution is -0.128. The maximum absolute atomic E-state index is 12.3. The lowest BCUT2D eigenvalue weighted by Crippen LogP contribution is -2.47. The molecule has 3 aliphatic rings. The number of hydrogen-bond donors (Lipinski definition) is 0. The Bertz CT molecular complexity index is 2730. The molecule has 3 amide bonds. The van der Waals surface area contributed by atoms with E-state index in [-0.39, 0.29) is 17.7 Å². The van der Waals surface area contributed by atoms with Crippen LogP contribution in [0.15, 0.2) is 182 Å². The molecule has 0 aromatic heterocycles. The number of aryl methyl sites for hydroxylation is 1. The van der Waals surface area contributed by atoms with Crippen molar-refractivity contribution in [2.24, 2.45) is 0 Å². The van der Waals surface area contributed by atoms with Crippen LogP contribution in [0.2, 0.25) is 5.02 Å². The predicted octanol–water partition coefficient (Wildman–Crippen LogP) is 10.1. The third-order valence-electron chi connectivity index (χ3n) is 13.1. The fraction of sp³-hybridized carbons (Fsp3) is 0.274. The standard InChI is InChI=1S/C21H24N2O2.C21H24N2O.C20H21ClN2O/c1-25-20-9-5-8-19(16-20)17-22-12-14-23(15-13-22)21(24)11-10-18-6-3-2-4-7-18;1-18-6-5-9-20(16-18)17-22-12-14-23(15-13-22)21(24)11-10-19-7-3-2-4-8-19;21-19-9-5-4-8-18(19)16-22-12-14-23(15-13-22)20(24)11-10-17-6-2-1-3-7-17/h2-11,16H,12-15,17H2,1H3;2-11,16H,12-15,17H2,1H3;1-11H,12-16H2/b3*11-10+. The summed E-state index contributed by atoms with van der Waals surface area (Å²) < 4.78 is 5.28. The molecule has 10 nitrogen and oxygen atoms in total. The van der Waals surface area contributed by atoms with E-state index in [0.717, 1.165) is 131 Å². The number of ether oxygens (including phenoxy) is 1. The topological polar surface area (TPSA) is 79.9 Å². The zero-order valence-electron chi connectivity index (χ0n) is 42.4. The van der Waals surface area contributed by atoms with Crippen molar-refractivity contribution in [3.63, 3.8) is 0 Å². The quantitative estimate of drug-likeness (QED) is 0.107. The van der Waals surface area contributed by atoms with Crippen molar-refractivity contribution in [1.29, 1.82) is 0 Å². The second kappa shape index (κ2) is 28.8. The molecule has 3 saturated heterocycles. The first-order chi connectivity index (χ1) is 35.7. The van der Waals surface area contributed by atoms with Crippen LogP contribution in [-0.2, 0) is 34.0 Å². The molecule has 3 heterocycles. The van der Waals surface area contributed by atoms with Crippen molar-refractivity contribution in [3.05, 3.63) is 226 Å². The number of methoxy groups -OCH3 is 1. The van der Waals surface area contributed by atoms with E-state index in [1.807, 2.05) is 154 Å². The molecule has 0 spiro atoms. The number of carbonyl (C=O) groups excluding carboxylic acids is 3. The zero-order valence-corrected chi connectivity index (χ0v) is 43.1. The molecule has 11 heteroatoms. The van der Waals surface area contributed by atoms with Crippen molar-refractivity contribution < 1.29 is 19.1 Å². The Labute approximate surface area is 438 Å². The van der Waals surface area contributed by atoms with Gasteiger partial charge < -0.3 is 19.4 Å². The van der Waals surface area contributed by atoms with Gasteiger partial charge in [-0.3, -0.25) is 29.1 Å². The first-order valence-electron chi connectivity index (χ1n) is 25.3. The average Bonchev–Trinajstić information content (AvgIpc) is 3.43. The van der Waals surface area contributed by atoms with E-state index in [9.17, 15) is 14.4 Å². The van der Waals surface area contributed by atoms with E-state index in [2.05, 4.69) is 64.1 Å². The first-order valence-corrected chi connectivity index (χ1v) is 25.7. The van der Waals surface area contributed by atoms with Gasteiger partial charge in [-0.2, -0.15) is 0 Å². The fourth-order valence-electron chi connectivity index (χ4n) is 8.86. The van der Waals surface area contributed by atoms with Crippen LogP contribution in [-0.4, -0.2) is 133 Å². The van der Waals surface area contributed by atoms with Crippen molar-refractivity contribution in [2.45, 2.75) is 26.6 Å². The molecule has 0 atom stereocenters. The maximum atomic E-state index is 12.3. The Hall–Kier alpha value is -7.08. The molecule has 0 saturated carbocycles. The zero-order chi connectivity index (χ0) is 51.0. The number of rotatable bonds is 13. The van der Waals surface area contributed by atoms with Crippen molar-refractivity contribution in [2.75, 3.05) is 85.6 Å². The Balaban J connectivity index is 0.000000160. The average molecular weight is 998 g/mol. The summed E-state index contributed by atoms with van der Waals surface area (Å²) in [6, 6.07) is 54.5. The Kier molecular flexibility index (Phi) is 21.2. The number of nitrogens with zero attached hydrogens (tertiary/aromatic N) is 6. The third-order valence-corrected chi connectivity index (χ3v) is 13.5. The second-order valence-corrected chi connectivity index (χ2v) is 18.9. The number of piperazine rings is 3. The van der Waals surface area contributed by atoms with E-state index < -0.39 is 0 Å². The Morgan fingerprint density at radius 3 is 1.21 bits per heavy atom. The summed E-state index contributed by atoms with van der Waals surface area (Å²) in [6.07, 6.45) is 10.7. The Morgan fingerprint density at radius 1 is 0.438 bits per heavy atom. The van der Waals surface area contributed by atoms with E-state index in [0.29, 0.717) is 0 Å².